The van der Waals surface area contributed by atoms with E-state index in [9.17, 15) is 13.6 Å². The molecule has 0 saturated carbocycles. The minimum atomic E-state index is -2.54. The number of carbonyl (C=O) groups is 1. The van der Waals surface area contributed by atoms with E-state index >= 15 is 0 Å². The lowest BCUT2D eigenvalue weighted by Gasteiger charge is -2.14. The van der Waals surface area contributed by atoms with E-state index in [4.69, 9.17) is 4.74 Å². The second-order valence-corrected chi connectivity index (χ2v) is 6.65. The number of rotatable bonds is 10. The standard InChI is InChI=1S/C14H26F2O2S/c1-5-14(15,16)8-6-7-9-19-12(4)13(17)18-10-11(2)3/h11-12H,5-10H2,1-4H3. The molecule has 0 amide bonds. The van der Waals surface area contributed by atoms with Crippen LogP contribution in [-0.4, -0.2) is 29.5 Å². The van der Waals surface area contributed by atoms with Crippen LogP contribution in [0.5, 0.6) is 0 Å². The quantitative estimate of drug-likeness (QED) is 0.438. The highest BCUT2D eigenvalue weighted by molar-refractivity contribution is 8.00. The van der Waals surface area contributed by atoms with Crippen molar-refractivity contribution in [2.45, 2.75) is 64.6 Å². The van der Waals surface area contributed by atoms with Crippen LogP contribution in [0.1, 0.15) is 53.4 Å². The maximum atomic E-state index is 13.0. The highest BCUT2D eigenvalue weighted by Gasteiger charge is 2.24. The molecule has 0 bridgehead atoms. The molecule has 0 aliphatic carbocycles. The minimum Gasteiger partial charge on any atom is -0.465 e. The Morgan fingerprint density at radius 1 is 1.26 bits per heavy atom. The van der Waals surface area contributed by atoms with Crippen LogP contribution in [0.15, 0.2) is 0 Å². The van der Waals surface area contributed by atoms with Gasteiger partial charge in [-0.2, -0.15) is 0 Å². The number of ether oxygens (including phenoxy) is 1. The maximum Gasteiger partial charge on any atom is 0.318 e. The summed E-state index contributed by atoms with van der Waals surface area (Å²) in [5.41, 5.74) is 0. The first-order chi connectivity index (χ1) is 8.78. The summed E-state index contributed by atoms with van der Waals surface area (Å²) in [5.74, 6) is -1.69. The predicted molar refractivity (Wildman–Crippen MR) is 76.8 cm³/mol. The van der Waals surface area contributed by atoms with Crippen LogP contribution in [0.4, 0.5) is 8.78 Å². The predicted octanol–water partition coefficient (Wildman–Crippen LogP) is 4.52. The van der Waals surface area contributed by atoms with E-state index in [1.165, 1.54) is 18.7 Å². The van der Waals surface area contributed by atoms with E-state index in [0.717, 1.165) is 5.75 Å². The van der Waals surface area contributed by atoms with Gasteiger partial charge in [-0.15, -0.1) is 11.8 Å². The lowest BCUT2D eigenvalue weighted by Crippen LogP contribution is -2.20. The molecule has 1 unspecified atom stereocenters. The molecular weight excluding hydrogens is 270 g/mol. The molecule has 0 rings (SSSR count). The summed E-state index contributed by atoms with van der Waals surface area (Å²) in [5, 5.41) is -0.217. The van der Waals surface area contributed by atoms with E-state index in [-0.39, 0.29) is 24.1 Å². The Morgan fingerprint density at radius 2 is 1.89 bits per heavy atom. The Labute approximate surface area is 119 Å². The molecule has 0 aromatic rings. The SMILES string of the molecule is CCC(F)(F)CCCCSC(C)C(=O)OCC(C)C. The lowest BCUT2D eigenvalue weighted by atomic mass is 10.1. The highest BCUT2D eigenvalue weighted by atomic mass is 32.2. The van der Waals surface area contributed by atoms with Crippen molar-refractivity contribution in [3.8, 4) is 0 Å². The van der Waals surface area contributed by atoms with Crippen LogP contribution < -0.4 is 0 Å². The van der Waals surface area contributed by atoms with Crippen LogP contribution in [0.3, 0.4) is 0 Å². The molecule has 0 radical (unpaired) electrons. The third-order valence-corrected chi connectivity index (χ3v) is 3.93. The van der Waals surface area contributed by atoms with Crippen molar-refractivity contribution in [2.24, 2.45) is 5.92 Å². The third kappa shape index (κ3) is 10.2. The average molecular weight is 296 g/mol. The van der Waals surface area contributed by atoms with Gasteiger partial charge in [0.15, 0.2) is 0 Å². The molecule has 19 heavy (non-hydrogen) atoms. The van der Waals surface area contributed by atoms with Crippen molar-refractivity contribution in [1.82, 2.24) is 0 Å². The number of esters is 1. The average Bonchev–Trinajstić information content (AvgIpc) is 2.35. The Kier molecular flexibility index (Phi) is 9.40. The number of carbonyl (C=O) groups excluding carboxylic acids is 1. The zero-order valence-corrected chi connectivity index (χ0v) is 13.2. The number of unbranched alkanes of at least 4 members (excludes halogenated alkanes) is 1. The second kappa shape index (κ2) is 9.56. The van der Waals surface area contributed by atoms with E-state index in [1.807, 2.05) is 13.8 Å². The molecular formula is C14H26F2O2S. The van der Waals surface area contributed by atoms with Gasteiger partial charge in [-0.05, 0) is 31.4 Å². The fourth-order valence-corrected chi connectivity index (χ4v) is 2.29. The van der Waals surface area contributed by atoms with Crippen LogP contribution in [0, 0.1) is 5.92 Å². The van der Waals surface area contributed by atoms with Gasteiger partial charge in [-0.25, -0.2) is 8.78 Å². The van der Waals surface area contributed by atoms with Crippen LogP contribution in [0.2, 0.25) is 0 Å². The molecule has 0 N–H and O–H groups in total. The molecule has 0 aromatic heterocycles. The summed E-state index contributed by atoms with van der Waals surface area (Å²) < 4.78 is 31.0. The first-order valence-electron chi connectivity index (χ1n) is 6.94. The first-order valence-corrected chi connectivity index (χ1v) is 7.99. The molecule has 0 heterocycles. The molecule has 0 spiro atoms. The van der Waals surface area contributed by atoms with Crippen LogP contribution in [-0.2, 0) is 9.53 Å². The zero-order chi connectivity index (χ0) is 14.9. The summed E-state index contributed by atoms with van der Waals surface area (Å²) in [7, 11) is 0. The number of hydrogen-bond acceptors (Lipinski definition) is 3. The number of thioether (sulfide) groups is 1. The number of halogens is 2. The Morgan fingerprint density at radius 3 is 2.42 bits per heavy atom. The molecule has 5 heteroatoms. The van der Waals surface area contributed by atoms with Gasteiger partial charge in [0.1, 0.15) is 0 Å². The van der Waals surface area contributed by atoms with Crippen molar-refractivity contribution >= 4 is 17.7 Å². The molecule has 0 aliphatic heterocycles. The molecule has 114 valence electrons. The summed E-state index contributed by atoms with van der Waals surface area (Å²) in [6.45, 7) is 7.71. The molecule has 0 fully saturated rings. The molecule has 0 aliphatic rings. The summed E-state index contributed by atoms with van der Waals surface area (Å²) in [4.78, 5) is 11.6. The fraction of sp³-hybridized carbons (Fsp3) is 0.929. The van der Waals surface area contributed by atoms with Crippen molar-refractivity contribution in [3.63, 3.8) is 0 Å². The van der Waals surface area contributed by atoms with Crippen LogP contribution in [0.25, 0.3) is 0 Å². The van der Waals surface area contributed by atoms with Crippen molar-refractivity contribution in [1.29, 1.82) is 0 Å². The monoisotopic (exact) mass is 296 g/mol. The third-order valence-electron chi connectivity index (χ3n) is 2.71. The van der Waals surface area contributed by atoms with Crippen molar-refractivity contribution < 1.29 is 18.3 Å². The smallest absolute Gasteiger partial charge is 0.318 e. The van der Waals surface area contributed by atoms with Gasteiger partial charge >= 0.3 is 5.97 Å². The molecule has 0 aromatic carbocycles. The Bertz CT molecular complexity index is 258. The molecule has 2 nitrogen and oxygen atoms in total. The van der Waals surface area contributed by atoms with Gasteiger partial charge in [0.2, 0.25) is 5.92 Å². The summed E-state index contributed by atoms with van der Waals surface area (Å²) >= 11 is 1.47. The number of hydrogen-bond donors (Lipinski definition) is 0. The Hall–Kier alpha value is -0.320. The topological polar surface area (TPSA) is 26.3 Å². The highest BCUT2D eigenvalue weighted by Crippen LogP contribution is 2.25. The van der Waals surface area contributed by atoms with Crippen molar-refractivity contribution in [3.05, 3.63) is 0 Å². The first kappa shape index (κ1) is 18.7. The molecule has 1 atom stereocenters. The summed E-state index contributed by atoms with van der Waals surface area (Å²) in [6, 6.07) is 0. The van der Waals surface area contributed by atoms with Gasteiger partial charge in [-0.1, -0.05) is 20.8 Å². The Balaban J connectivity index is 3.63. The van der Waals surface area contributed by atoms with Crippen LogP contribution >= 0.6 is 11.8 Å². The zero-order valence-electron chi connectivity index (χ0n) is 12.4. The van der Waals surface area contributed by atoms with E-state index in [2.05, 4.69) is 0 Å². The normalized spacial score (nSPS) is 13.6. The fourth-order valence-electron chi connectivity index (χ4n) is 1.36. The van der Waals surface area contributed by atoms with Gasteiger partial charge in [0, 0.05) is 12.8 Å². The minimum absolute atomic E-state index is 0.0593. The molecule has 0 saturated heterocycles. The largest absolute Gasteiger partial charge is 0.465 e. The van der Waals surface area contributed by atoms with E-state index in [0.29, 0.717) is 25.4 Å². The van der Waals surface area contributed by atoms with Gasteiger partial charge in [0.05, 0.1) is 11.9 Å². The van der Waals surface area contributed by atoms with E-state index in [1.54, 1.807) is 6.92 Å². The summed E-state index contributed by atoms with van der Waals surface area (Å²) in [6.07, 6.45) is 1.05. The van der Waals surface area contributed by atoms with Gasteiger partial charge < -0.3 is 4.74 Å². The maximum absolute atomic E-state index is 13.0. The number of alkyl halides is 2. The van der Waals surface area contributed by atoms with Crippen molar-refractivity contribution in [2.75, 3.05) is 12.4 Å². The van der Waals surface area contributed by atoms with Gasteiger partial charge in [0.25, 0.3) is 0 Å². The lowest BCUT2D eigenvalue weighted by molar-refractivity contribution is -0.143. The second-order valence-electron chi connectivity index (χ2n) is 5.20. The van der Waals surface area contributed by atoms with E-state index < -0.39 is 5.92 Å². The van der Waals surface area contributed by atoms with Gasteiger partial charge in [-0.3, -0.25) is 4.79 Å².